The lowest BCUT2D eigenvalue weighted by Gasteiger charge is -2.13. The van der Waals surface area contributed by atoms with Crippen LogP contribution < -0.4 is 5.32 Å². The molecule has 0 amide bonds. The lowest BCUT2D eigenvalue weighted by molar-refractivity contribution is 0.456. The van der Waals surface area contributed by atoms with Gasteiger partial charge in [0.1, 0.15) is 4.34 Å². The Balaban J connectivity index is 1.72. The van der Waals surface area contributed by atoms with Crippen LogP contribution in [0.2, 0.25) is 8.67 Å². The number of hydrogen-bond acceptors (Lipinski definition) is 2. The lowest BCUT2D eigenvalue weighted by atomic mass is 9.94. The number of halogens is 2. The highest BCUT2D eigenvalue weighted by Crippen LogP contribution is 2.38. The Bertz CT molecular complexity index is 441. The molecular weight excluding hydrogens is 273 g/mol. The van der Waals surface area contributed by atoms with Gasteiger partial charge in [-0.25, -0.2) is 0 Å². The van der Waals surface area contributed by atoms with Crippen molar-refractivity contribution in [2.75, 3.05) is 6.54 Å². The normalized spacial score (nSPS) is 32.5. The second-order valence-electron chi connectivity index (χ2n) is 4.93. The van der Waals surface area contributed by atoms with Crippen molar-refractivity contribution in [1.29, 1.82) is 0 Å². The molecule has 2 heterocycles. The number of nitrogens with one attached hydrogen (secondary N) is 1. The zero-order valence-electron chi connectivity index (χ0n) is 9.46. The monoisotopic (exact) mass is 287 g/mol. The Morgan fingerprint density at radius 2 is 2.24 bits per heavy atom. The minimum Gasteiger partial charge on any atom is -0.310 e. The molecule has 1 aliphatic heterocycles. The molecule has 0 radical (unpaired) electrons. The van der Waals surface area contributed by atoms with Gasteiger partial charge in [0.05, 0.1) is 4.34 Å². The molecule has 1 aromatic heterocycles. The van der Waals surface area contributed by atoms with E-state index in [1.54, 1.807) is 0 Å². The van der Waals surface area contributed by atoms with Gasteiger partial charge < -0.3 is 5.32 Å². The van der Waals surface area contributed by atoms with Crippen LogP contribution in [-0.2, 0) is 0 Å². The lowest BCUT2D eigenvalue weighted by Crippen LogP contribution is -2.23. The van der Waals surface area contributed by atoms with Crippen LogP contribution in [0.3, 0.4) is 0 Å². The van der Waals surface area contributed by atoms with Gasteiger partial charge in [-0.1, -0.05) is 41.8 Å². The van der Waals surface area contributed by atoms with Crippen LogP contribution in [-0.4, -0.2) is 12.6 Å². The standard InChI is InChI=1S/C13H15Cl2NS/c14-12-6-8(13(15)17-12)4-5-11-10-3-1-2-9(10)7-16-11/h4-6,9-11,16H,1-3,7H2/b5-4+. The van der Waals surface area contributed by atoms with E-state index in [2.05, 4.69) is 17.5 Å². The first-order valence-corrected chi connectivity index (χ1v) is 7.67. The molecular formula is C13H15Cl2NS. The van der Waals surface area contributed by atoms with Crippen LogP contribution in [0, 0.1) is 11.8 Å². The highest BCUT2D eigenvalue weighted by atomic mass is 35.5. The molecule has 3 rings (SSSR count). The fourth-order valence-electron chi connectivity index (χ4n) is 3.12. The Kier molecular flexibility index (Phi) is 3.49. The highest BCUT2D eigenvalue weighted by molar-refractivity contribution is 7.20. The van der Waals surface area contributed by atoms with Gasteiger partial charge in [-0.05, 0) is 37.3 Å². The molecule has 1 N–H and O–H groups in total. The third-order valence-electron chi connectivity index (χ3n) is 3.96. The first kappa shape index (κ1) is 12.0. The summed E-state index contributed by atoms with van der Waals surface area (Å²) in [5.41, 5.74) is 1.05. The van der Waals surface area contributed by atoms with Crippen molar-refractivity contribution in [3.05, 3.63) is 26.4 Å². The Hall–Kier alpha value is -0.0200. The van der Waals surface area contributed by atoms with Gasteiger partial charge in [0.15, 0.2) is 0 Å². The highest BCUT2D eigenvalue weighted by Gasteiger charge is 2.37. The molecule has 0 aromatic carbocycles. The average molecular weight is 288 g/mol. The second-order valence-corrected chi connectivity index (χ2v) is 7.21. The van der Waals surface area contributed by atoms with E-state index in [0.717, 1.165) is 26.1 Å². The van der Waals surface area contributed by atoms with E-state index in [9.17, 15) is 0 Å². The van der Waals surface area contributed by atoms with Gasteiger partial charge in [0.2, 0.25) is 0 Å². The molecule has 0 bridgehead atoms. The van der Waals surface area contributed by atoms with E-state index >= 15 is 0 Å². The van der Waals surface area contributed by atoms with Crippen LogP contribution in [0.1, 0.15) is 24.8 Å². The van der Waals surface area contributed by atoms with Gasteiger partial charge in [-0.3, -0.25) is 0 Å². The third kappa shape index (κ3) is 2.41. The number of fused-ring (bicyclic) bond motifs is 1. The summed E-state index contributed by atoms with van der Waals surface area (Å²) in [6, 6.07) is 2.46. The third-order valence-corrected chi connectivity index (χ3v) is 5.48. The molecule has 1 nitrogen and oxygen atoms in total. The predicted molar refractivity (Wildman–Crippen MR) is 76.0 cm³/mol. The van der Waals surface area contributed by atoms with E-state index in [-0.39, 0.29) is 0 Å². The molecule has 0 spiro atoms. The van der Waals surface area contributed by atoms with E-state index in [1.807, 2.05) is 6.07 Å². The Labute approximate surface area is 116 Å². The smallest absolute Gasteiger partial charge is 0.102 e. The van der Waals surface area contributed by atoms with Gasteiger partial charge >= 0.3 is 0 Å². The maximum Gasteiger partial charge on any atom is 0.102 e. The van der Waals surface area contributed by atoms with Crippen LogP contribution in [0.25, 0.3) is 6.08 Å². The minimum atomic E-state index is 0.525. The number of thiophene rings is 1. The Morgan fingerprint density at radius 3 is 3.00 bits per heavy atom. The average Bonchev–Trinajstić information content (AvgIpc) is 2.92. The Morgan fingerprint density at radius 1 is 1.35 bits per heavy atom. The van der Waals surface area contributed by atoms with Gasteiger partial charge in [0.25, 0.3) is 0 Å². The van der Waals surface area contributed by atoms with Crippen molar-refractivity contribution in [1.82, 2.24) is 5.32 Å². The zero-order valence-corrected chi connectivity index (χ0v) is 11.8. The molecule has 3 atom stereocenters. The molecule has 4 heteroatoms. The predicted octanol–water partition coefficient (Wildman–Crippen LogP) is 4.46. The minimum absolute atomic E-state index is 0.525. The first-order valence-electron chi connectivity index (χ1n) is 6.10. The van der Waals surface area contributed by atoms with Crippen molar-refractivity contribution in [3.63, 3.8) is 0 Å². The van der Waals surface area contributed by atoms with Crippen molar-refractivity contribution in [2.24, 2.45) is 11.8 Å². The van der Waals surface area contributed by atoms with Crippen LogP contribution in [0.5, 0.6) is 0 Å². The van der Waals surface area contributed by atoms with Crippen LogP contribution >= 0.6 is 34.5 Å². The largest absolute Gasteiger partial charge is 0.310 e. The van der Waals surface area contributed by atoms with Crippen LogP contribution in [0.15, 0.2) is 12.1 Å². The SMILES string of the molecule is Clc1cc(/C=C/C2NCC3CCCC32)c(Cl)s1. The summed E-state index contributed by atoms with van der Waals surface area (Å²) in [6.45, 7) is 1.18. The fourth-order valence-corrected chi connectivity index (χ4v) is 4.55. The molecule has 17 heavy (non-hydrogen) atoms. The summed E-state index contributed by atoms with van der Waals surface area (Å²) < 4.78 is 1.54. The molecule has 1 aliphatic carbocycles. The maximum atomic E-state index is 6.10. The van der Waals surface area contributed by atoms with E-state index < -0.39 is 0 Å². The fraction of sp³-hybridized carbons (Fsp3) is 0.538. The molecule has 1 saturated heterocycles. The first-order chi connectivity index (χ1) is 8.24. The summed E-state index contributed by atoms with van der Waals surface area (Å²) in [5, 5.41) is 3.60. The van der Waals surface area contributed by atoms with Gasteiger partial charge in [0, 0.05) is 11.6 Å². The summed E-state index contributed by atoms with van der Waals surface area (Å²) in [4.78, 5) is 0. The summed E-state index contributed by atoms with van der Waals surface area (Å²) in [5.74, 6) is 1.73. The molecule has 2 fully saturated rings. The molecule has 1 saturated carbocycles. The summed E-state index contributed by atoms with van der Waals surface area (Å²) >= 11 is 13.5. The van der Waals surface area contributed by atoms with Crippen LogP contribution in [0.4, 0.5) is 0 Å². The van der Waals surface area contributed by atoms with Crippen molar-refractivity contribution >= 4 is 40.6 Å². The maximum absolute atomic E-state index is 6.10. The zero-order chi connectivity index (χ0) is 11.8. The van der Waals surface area contributed by atoms with E-state index in [1.165, 1.54) is 37.1 Å². The summed E-state index contributed by atoms with van der Waals surface area (Å²) in [6.07, 6.45) is 8.54. The van der Waals surface area contributed by atoms with Gasteiger partial charge in [-0.15, -0.1) is 11.3 Å². The molecule has 3 unspecified atom stereocenters. The van der Waals surface area contributed by atoms with Crippen molar-refractivity contribution < 1.29 is 0 Å². The molecule has 92 valence electrons. The van der Waals surface area contributed by atoms with Crippen molar-refractivity contribution in [2.45, 2.75) is 25.3 Å². The van der Waals surface area contributed by atoms with Gasteiger partial charge in [-0.2, -0.15) is 0 Å². The topological polar surface area (TPSA) is 12.0 Å². The quantitative estimate of drug-likeness (QED) is 0.847. The summed E-state index contributed by atoms with van der Waals surface area (Å²) in [7, 11) is 0. The van der Waals surface area contributed by atoms with E-state index in [0.29, 0.717) is 6.04 Å². The molecule has 2 aliphatic rings. The second kappa shape index (κ2) is 4.93. The molecule has 1 aromatic rings. The van der Waals surface area contributed by atoms with Crippen molar-refractivity contribution in [3.8, 4) is 0 Å². The van der Waals surface area contributed by atoms with E-state index in [4.69, 9.17) is 23.2 Å². The number of hydrogen-bond donors (Lipinski definition) is 1. The number of rotatable bonds is 2.